The van der Waals surface area contributed by atoms with Gasteiger partial charge in [0.15, 0.2) is 0 Å². The Morgan fingerprint density at radius 3 is 2.47 bits per heavy atom. The Morgan fingerprint density at radius 2 is 1.89 bits per heavy atom. The van der Waals surface area contributed by atoms with E-state index in [1.807, 2.05) is 12.1 Å². The molecule has 0 bridgehead atoms. The van der Waals surface area contributed by atoms with Gasteiger partial charge in [-0.25, -0.2) is 0 Å². The molecule has 0 saturated heterocycles. The molecule has 106 valence electrons. The molecule has 1 aromatic carbocycles. The van der Waals surface area contributed by atoms with Crippen molar-refractivity contribution < 1.29 is 4.79 Å². The Labute approximate surface area is 116 Å². The minimum atomic E-state index is -0.0320. The van der Waals surface area contributed by atoms with Crippen LogP contribution in [-0.2, 0) is 11.3 Å². The maximum Gasteiger partial charge on any atom is 0.221 e. The molecule has 0 aromatic heterocycles. The molecule has 0 aliphatic carbocycles. The summed E-state index contributed by atoms with van der Waals surface area (Å²) in [5, 5.41) is 6.30. The molecule has 3 heteroatoms. The van der Waals surface area contributed by atoms with E-state index in [0.717, 1.165) is 12.2 Å². The van der Waals surface area contributed by atoms with Crippen molar-refractivity contribution in [1.29, 1.82) is 0 Å². The van der Waals surface area contributed by atoms with Crippen molar-refractivity contribution in [2.75, 3.05) is 5.32 Å². The zero-order chi connectivity index (χ0) is 14.1. The van der Waals surface area contributed by atoms with Crippen LogP contribution >= 0.6 is 0 Å². The lowest BCUT2D eigenvalue weighted by molar-refractivity contribution is -0.114. The summed E-state index contributed by atoms with van der Waals surface area (Å²) in [4.78, 5) is 10.9. The topological polar surface area (TPSA) is 41.1 Å². The van der Waals surface area contributed by atoms with Crippen molar-refractivity contribution >= 4 is 11.6 Å². The Morgan fingerprint density at radius 1 is 1.21 bits per heavy atom. The second-order valence-electron chi connectivity index (χ2n) is 5.16. The smallest absolute Gasteiger partial charge is 0.221 e. The molecule has 1 unspecified atom stereocenters. The van der Waals surface area contributed by atoms with Gasteiger partial charge in [0.25, 0.3) is 0 Å². The number of rotatable bonds is 8. The Bertz CT molecular complexity index is 373. The maximum absolute atomic E-state index is 10.9. The number of unbranched alkanes of at least 4 members (excludes halogenated alkanes) is 2. The second kappa shape index (κ2) is 8.70. The van der Waals surface area contributed by atoms with Gasteiger partial charge in [0.1, 0.15) is 0 Å². The van der Waals surface area contributed by atoms with Crippen LogP contribution in [0, 0.1) is 0 Å². The van der Waals surface area contributed by atoms with Gasteiger partial charge in [-0.2, -0.15) is 0 Å². The van der Waals surface area contributed by atoms with Gasteiger partial charge < -0.3 is 10.6 Å². The van der Waals surface area contributed by atoms with Crippen LogP contribution in [0.3, 0.4) is 0 Å². The van der Waals surface area contributed by atoms with Crippen molar-refractivity contribution in [1.82, 2.24) is 5.32 Å². The van der Waals surface area contributed by atoms with E-state index in [9.17, 15) is 4.79 Å². The fraction of sp³-hybridized carbons (Fsp3) is 0.562. The summed E-state index contributed by atoms with van der Waals surface area (Å²) in [6.07, 6.45) is 5.12. The molecular formula is C16H26N2O. The first-order chi connectivity index (χ1) is 9.11. The molecule has 19 heavy (non-hydrogen) atoms. The summed E-state index contributed by atoms with van der Waals surface area (Å²) < 4.78 is 0. The zero-order valence-electron chi connectivity index (χ0n) is 12.3. The van der Waals surface area contributed by atoms with Crippen molar-refractivity contribution in [3.8, 4) is 0 Å². The van der Waals surface area contributed by atoms with Crippen LogP contribution in [0.25, 0.3) is 0 Å². The number of anilines is 1. The van der Waals surface area contributed by atoms with Crippen LogP contribution in [0.15, 0.2) is 24.3 Å². The van der Waals surface area contributed by atoms with Crippen molar-refractivity contribution in [3.63, 3.8) is 0 Å². The van der Waals surface area contributed by atoms with Crippen LogP contribution in [0.2, 0.25) is 0 Å². The van der Waals surface area contributed by atoms with Crippen LogP contribution in [-0.4, -0.2) is 11.9 Å². The highest BCUT2D eigenvalue weighted by Crippen LogP contribution is 2.10. The third-order valence-electron chi connectivity index (χ3n) is 3.17. The molecule has 3 nitrogen and oxygen atoms in total. The number of amides is 1. The van der Waals surface area contributed by atoms with Crippen molar-refractivity contribution in [3.05, 3.63) is 29.8 Å². The predicted octanol–water partition coefficient (Wildman–Crippen LogP) is 3.70. The number of hydrogen-bond acceptors (Lipinski definition) is 2. The molecule has 2 N–H and O–H groups in total. The number of carbonyl (C=O) groups is 1. The monoisotopic (exact) mass is 262 g/mol. The fourth-order valence-electron chi connectivity index (χ4n) is 2.00. The van der Waals surface area contributed by atoms with E-state index in [-0.39, 0.29) is 5.91 Å². The lowest BCUT2D eigenvalue weighted by Gasteiger charge is -2.13. The number of carbonyl (C=O) groups excluding carboxylic acids is 1. The first-order valence-electron chi connectivity index (χ1n) is 7.21. The van der Waals surface area contributed by atoms with E-state index >= 15 is 0 Å². The summed E-state index contributed by atoms with van der Waals surface area (Å²) in [5.74, 6) is -0.0320. The lowest BCUT2D eigenvalue weighted by Crippen LogP contribution is -2.25. The number of hydrogen-bond donors (Lipinski definition) is 2. The fourth-order valence-corrected chi connectivity index (χ4v) is 2.00. The van der Waals surface area contributed by atoms with Crippen LogP contribution in [0.1, 0.15) is 52.0 Å². The molecule has 1 aromatic rings. The van der Waals surface area contributed by atoms with Crippen LogP contribution < -0.4 is 10.6 Å². The normalized spacial score (nSPS) is 12.2. The molecule has 0 heterocycles. The number of nitrogens with one attached hydrogen (secondary N) is 2. The average Bonchev–Trinajstić information content (AvgIpc) is 2.37. The van der Waals surface area contributed by atoms with Crippen LogP contribution in [0.5, 0.6) is 0 Å². The third-order valence-corrected chi connectivity index (χ3v) is 3.17. The van der Waals surface area contributed by atoms with E-state index in [4.69, 9.17) is 0 Å². The van der Waals surface area contributed by atoms with Gasteiger partial charge in [0.2, 0.25) is 5.91 Å². The quantitative estimate of drug-likeness (QED) is 0.701. The molecule has 1 amide bonds. The Balaban J connectivity index is 2.31. The minimum absolute atomic E-state index is 0.0320. The molecule has 0 fully saturated rings. The highest BCUT2D eigenvalue weighted by Gasteiger charge is 2.01. The lowest BCUT2D eigenvalue weighted by atomic mass is 10.1. The highest BCUT2D eigenvalue weighted by molar-refractivity contribution is 5.88. The minimum Gasteiger partial charge on any atom is -0.326 e. The second-order valence-corrected chi connectivity index (χ2v) is 5.16. The third kappa shape index (κ3) is 6.97. The SMILES string of the molecule is CCCCCC(C)NCc1ccc(NC(C)=O)cc1. The van der Waals surface area contributed by atoms with Gasteiger partial charge >= 0.3 is 0 Å². The number of benzene rings is 1. The summed E-state index contributed by atoms with van der Waals surface area (Å²) in [6.45, 7) is 6.87. The highest BCUT2D eigenvalue weighted by atomic mass is 16.1. The first kappa shape index (κ1) is 15.7. The largest absolute Gasteiger partial charge is 0.326 e. The van der Waals surface area contributed by atoms with E-state index in [1.54, 1.807) is 0 Å². The molecule has 0 aliphatic heterocycles. The maximum atomic E-state index is 10.9. The van der Waals surface area contributed by atoms with E-state index in [1.165, 1.54) is 38.2 Å². The van der Waals surface area contributed by atoms with Crippen LogP contribution in [0.4, 0.5) is 5.69 Å². The summed E-state index contributed by atoms with van der Waals surface area (Å²) >= 11 is 0. The Kier molecular flexibility index (Phi) is 7.19. The molecule has 1 atom stereocenters. The van der Waals surface area contributed by atoms with Crippen molar-refractivity contribution in [2.24, 2.45) is 0 Å². The van der Waals surface area contributed by atoms with E-state index in [2.05, 4.69) is 36.6 Å². The average molecular weight is 262 g/mol. The molecule has 0 spiro atoms. The summed E-state index contributed by atoms with van der Waals surface area (Å²) in [5.41, 5.74) is 2.10. The molecular weight excluding hydrogens is 236 g/mol. The van der Waals surface area contributed by atoms with Crippen molar-refractivity contribution in [2.45, 2.75) is 59.0 Å². The van der Waals surface area contributed by atoms with Gasteiger partial charge in [-0.1, -0.05) is 38.3 Å². The molecule has 0 saturated carbocycles. The molecule has 0 aliphatic rings. The van der Waals surface area contributed by atoms with Gasteiger partial charge in [-0.3, -0.25) is 4.79 Å². The first-order valence-corrected chi connectivity index (χ1v) is 7.21. The van der Waals surface area contributed by atoms with E-state index in [0.29, 0.717) is 6.04 Å². The molecule has 0 radical (unpaired) electrons. The zero-order valence-corrected chi connectivity index (χ0v) is 12.3. The van der Waals surface area contributed by atoms with Gasteiger partial charge in [0, 0.05) is 25.2 Å². The van der Waals surface area contributed by atoms with Gasteiger partial charge in [0.05, 0.1) is 0 Å². The summed E-state index contributed by atoms with van der Waals surface area (Å²) in [6, 6.07) is 8.55. The van der Waals surface area contributed by atoms with Gasteiger partial charge in [-0.05, 0) is 31.0 Å². The summed E-state index contributed by atoms with van der Waals surface area (Å²) in [7, 11) is 0. The molecule has 1 rings (SSSR count). The predicted molar refractivity (Wildman–Crippen MR) is 81.2 cm³/mol. The van der Waals surface area contributed by atoms with Gasteiger partial charge in [-0.15, -0.1) is 0 Å². The standard InChI is InChI=1S/C16H26N2O/c1-4-5-6-7-13(2)17-12-15-8-10-16(11-9-15)18-14(3)19/h8-11,13,17H,4-7,12H2,1-3H3,(H,18,19). The Hall–Kier alpha value is -1.35. The van der Waals surface area contributed by atoms with E-state index < -0.39 is 0 Å².